The molecule has 4 rings (SSSR count). The van der Waals surface area contributed by atoms with E-state index in [0.29, 0.717) is 46.6 Å². The van der Waals surface area contributed by atoms with Gasteiger partial charge in [0.05, 0.1) is 42.1 Å². The van der Waals surface area contributed by atoms with Crippen molar-refractivity contribution in [2.24, 2.45) is 5.92 Å². The molecule has 0 aliphatic heterocycles. The summed E-state index contributed by atoms with van der Waals surface area (Å²) in [6, 6.07) is 3.31. The van der Waals surface area contributed by atoms with Gasteiger partial charge in [0.15, 0.2) is 0 Å². The molecule has 2 N–H and O–H groups in total. The number of hydrogen-bond acceptors (Lipinski definition) is 7. The number of rotatable bonds is 5. The van der Waals surface area contributed by atoms with E-state index >= 15 is 0 Å². The molecule has 1 aliphatic carbocycles. The van der Waals surface area contributed by atoms with E-state index in [9.17, 15) is 9.90 Å². The fourth-order valence-corrected chi connectivity index (χ4v) is 3.71. The SMILES string of the molecule is COc1cncc([C@H](NC(=O)c2cc(C)nc3onc(C)c23)C2CC(O)C2)c1. The molecule has 0 saturated heterocycles. The third kappa shape index (κ3) is 3.31. The lowest BCUT2D eigenvalue weighted by molar-refractivity contribution is 0.0234. The van der Waals surface area contributed by atoms with Crippen molar-refractivity contribution >= 4 is 17.0 Å². The van der Waals surface area contributed by atoms with Crippen LogP contribution in [-0.2, 0) is 0 Å². The van der Waals surface area contributed by atoms with E-state index in [-0.39, 0.29) is 24.0 Å². The Morgan fingerprint density at radius 1 is 1.32 bits per heavy atom. The average molecular weight is 382 g/mol. The zero-order valence-electron chi connectivity index (χ0n) is 16.0. The van der Waals surface area contributed by atoms with Crippen molar-refractivity contribution in [2.45, 2.75) is 38.8 Å². The third-order valence-corrected chi connectivity index (χ3v) is 5.23. The van der Waals surface area contributed by atoms with Gasteiger partial charge in [-0.25, -0.2) is 4.98 Å². The summed E-state index contributed by atoms with van der Waals surface area (Å²) < 4.78 is 10.5. The van der Waals surface area contributed by atoms with Crippen LogP contribution in [0.4, 0.5) is 0 Å². The summed E-state index contributed by atoms with van der Waals surface area (Å²) in [7, 11) is 1.58. The van der Waals surface area contributed by atoms with E-state index in [2.05, 4.69) is 20.4 Å². The van der Waals surface area contributed by atoms with E-state index < -0.39 is 0 Å². The van der Waals surface area contributed by atoms with Gasteiger partial charge >= 0.3 is 0 Å². The lowest BCUT2D eigenvalue weighted by Crippen LogP contribution is -2.41. The number of nitrogens with zero attached hydrogens (tertiary/aromatic N) is 3. The summed E-state index contributed by atoms with van der Waals surface area (Å²) in [6.45, 7) is 3.59. The van der Waals surface area contributed by atoms with Crippen LogP contribution in [0.1, 0.15) is 46.2 Å². The highest BCUT2D eigenvalue weighted by atomic mass is 16.5. The molecule has 1 aliphatic rings. The van der Waals surface area contributed by atoms with Gasteiger partial charge in [-0.15, -0.1) is 0 Å². The summed E-state index contributed by atoms with van der Waals surface area (Å²) in [5, 5.41) is 17.4. The fraction of sp³-hybridized carbons (Fsp3) is 0.400. The van der Waals surface area contributed by atoms with E-state index in [1.54, 1.807) is 39.4 Å². The molecule has 1 fully saturated rings. The molecule has 1 amide bonds. The Balaban J connectivity index is 1.69. The predicted octanol–water partition coefficient (Wildman–Crippen LogP) is 2.49. The van der Waals surface area contributed by atoms with Crippen molar-refractivity contribution in [1.29, 1.82) is 0 Å². The summed E-state index contributed by atoms with van der Waals surface area (Å²) in [5.74, 6) is 0.500. The molecule has 0 spiro atoms. The Hall–Kier alpha value is -3.00. The fourth-order valence-electron chi connectivity index (χ4n) is 3.71. The van der Waals surface area contributed by atoms with Gasteiger partial charge in [0, 0.05) is 11.9 Å². The molecule has 3 aromatic rings. The maximum atomic E-state index is 13.2. The van der Waals surface area contributed by atoms with Crippen molar-refractivity contribution in [3.63, 3.8) is 0 Å². The van der Waals surface area contributed by atoms with Crippen molar-refractivity contribution in [3.8, 4) is 5.75 Å². The van der Waals surface area contributed by atoms with Crippen LogP contribution < -0.4 is 10.1 Å². The van der Waals surface area contributed by atoms with Gasteiger partial charge in [-0.1, -0.05) is 5.16 Å². The van der Waals surface area contributed by atoms with E-state index in [4.69, 9.17) is 9.26 Å². The number of aliphatic hydroxyl groups is 1. The summed E-state index contributed by atoms with van der Waals surface area (Å²) in [6.07, 6.45) is 4.25. The quantitative estimate of drug-likeness (QED) is 0.697. The molecular weight excluding hydrogens is 360 g/mol. The molecule has 3 heterocycles. The average Bonchev–Trinajstić information content (AvgIpc) is 3.03. The highest BCUT2D eigenvalue weighted by Gasteiger charge is 2.36. The number of carbonyl (C=O) groups is 1. The number of pyridine rings is 2. The number of amides is 1. The summed E-state index contributed by atoms with van der Waals surface area (Å²) in [4.78, 5) is 21.7. The number of ether oxygens (including phenoxy) is 1. The van der Waals surface area contributed by atoms with Crippen LogP contribution in [0.2, 0.25) is 0 Å². The molecule has 0 aromatic carbocycles. The molecule has 0 radical (unpaired) electrons. The van der Waals surface area contributed by atoms with Crippen LogP contribution in [-0.4, -0.2) is 39.4 Å². The van der Waals surface area contributed by atoms with Crippen LogP contribution in [0.5, 0.6) is 5.75 Å². The molecule has 146 valence electrons. The molecule has 8 nitrogen and oxygen atoms in total. The third-order valence-electron chi connectivity index (χ3n) is 5.23. The Morgan fingerprint density at radius 2 is 2.11 bits per heavy atom. The lowest BCUT2D eigenvalue weighted by atomic mass is 9.75. The first-order valence-corrected chi connectivity index (χ1v) is 9.17. The van der Waals surface area contributed by atoms with Crippen molar-refractivity contribution < 1.29 is 19.2 Å². The first-order chi connectivity index (χ1) is 13.5. The zero-order chi connectivity index (χ0) is 19.8. The number of nitrogens with one attached hydrogen (secondary N) is 1. The van der Waals surface area contributed by atoms with Gasteiger partial charge in [-0.3, -0.25) is 9.78 Å². The smallest absolute Gasteiger partial charge is 0.258 e. The van der Waals surface area contributed by atoms with Gasteiger partial charge in [0.25, 0.3) is 11.6 Å². The van der Waals surface area contributed by atoms with Gasteiger partial charge in [-0.2, -0.15) is 0 Å². The number of aromatic nitrogens is 3. The molecule has 1 saturated carbocycles. The van der Waals surface area contributed by atoms with E-state index in [1.165, 1.54) is 0 Å². The van der Waals surface area contributed by atoms with E-state index in [1.807, 2.05) is 6.07 Å². The van der Waals surface area contributed by atoms with Crippen LogP contribution in [0, 0.1) is 19.8 Å². The molecule has 3 aromatic heterocycles. The van der Waals surface area contributed by atoms with Crippen molar-refractivity contribution in [1.82, 2.24) is 20.4 Å². The molecule has 8 heteroatoms. The number of aliphatic hydroxyl groups excluding tert-OH is 1. The second kappa shape index (κ2) is 7.20. The molecule has 0 unspecified atom stereocenters. The van der Waals surface area contributed by atoms with Gasteiger partial charge < -0.3 is 19.7 Å². The topological polar surface area (TPSA) is 110 Å². The van der Waals surface area contributed by atoms with E-state index in [0.717, 1.165) is 5.56 Å². The summed E-state index contributed by atoms with van der Waals surface area (Å²) in [5.41, 5.74) is 2.95. The number of fused-ring (bicyclic) bond motifs is 1. The second-order valence-corrected chi connectivity index (χ2v) is 7.25. The van der Waals surface area contributed by atoms with Gasteiger partial charge in [0.2, 0.25) is 0 Å². The van der Waals surface area contributed by atoms with Crippen LogP contribution in [0.3, 0.4) is 0 Å². The standard InChI is InChI=1S/C20H22N4O4/c1-10-4-16(17-11(2)24-28-20(17)22-10)19(26)23-18(12-5-14(25)6-12)13-7-15(27-3)9-21-8-13/h4,7-9,12,14,18,25H,5-6H2,1-3H3,(H,23,26)/t12?,14?,18-/m1/s1. The zero-order valence-corrected chi connectivity index (χ0v) is 16.0. The Labute approximate surface area is 161 Å². The Bertz CT molecular complexity index is 1030. The number of carbonyl (C=O) groups excluding carboxylic acids is 1. The normalized spacial score (nSPS) is 19.9. The van der Waals surface area contributed by atoms with Crippen LogP contribution >= 0.6 is 0 Å². The lowest BCUT2D eigenvalue weighted by Gasteiger charge is -2.38. The highest BCUT2D eigenvalue weighted by molar-refractivity contribution is 6.06. The minimum Gasteiger partial charge on any atom is -0.495 e. The maximum Gasteiger partial charge on any atom is 0.258 e. The van der Waals surface area contributed by atoms with Gasteiger partial charge in [-0.05, 0) is 50.3 Å². The van der Waals surface area contributed by atoms with Gasteiger partial charge in [0.1, 0.15) is 5.75 Å². The minimum atomic E-state index is -0.335. The highest BCUT2D eigenvalue weighted by Crippen LogP contribution is 2.39. The predicted molar refractivity (Wildman–Crippen MR) is 101 cm³/mol. The van der Waals surface area contributed by atoms with Crippen LogP contribution in [0.15, 0.2) is 29.0 Å². The molecule has 0 bridgehead atoms. The number of methoxy groups -OCH3 is 1. The van der Waals surface area contributed by atoms with Crippen LogP contribution in [0.25, 0.3) is 11.1 Å². The first-order valence-electron chi connectivity index (χ1n) is 9.17. The Morgan fingerprint density at radius 3 is 2.82 bits per heavy atom. The summed E-state index contributed by atoms with van der Waals surface area (Å²) >= 11 is 0. The Kier molecular flexibility index (Phi) is 4.72. The second-order valence-electron chi connectivity index (χ2n) is 7.25. The van der Waals surface area contributed by atoms with Crippen molar-refractivity contribution in [2.75, 3.05) is 7.11 Å². The minimum absolute atomic E-state index is 0.120. The molecular formula is C20H22N4O4. The maximum absolute atomic E-state index is 13.2. The first kappa shape index (κ1) is 18.4. The monoisotopic (exact) mass is 382 g/mol. The number of hydrogen-bond donors (Lipinski definition) is 2. The molecule has 28 heavy (non-hydrogen) atoms. The number of aryl methyl sites for hydroxylation is 2. The largest absolute Gasteiger partial charge is 0.495 e. The molecule has 1 atom stereocenters. The van der Waals surface area contributed by atoms with Crippen molar-refractivity contribution in [3.05, 3.63) is 47.0 Å².